The predicted molar refractivity (Wildman–Crippen MR) is 123 cm³/mol. The van der Waals surface area contributed by atoms with Crippen molar-refractivity contribution in [3.05, 3.63) is 90.0 Å². The van der Waals surface area contributed by atoms with Gasteiger partial charge in [0, 0.05) is 37.4 Å². The first-order chi connectivity index (χ1) is 15.2. The molecule has 3 aromatic carbocycles. The van der Waals surface area contributed by atoms with E-state index in [-0.39, 0.29) is 5.91 Å². The first-order valence-electron chi connectivity index (χ1n) is 10.7. The number of hydrogen-bond donors (Lipinski definition) is 0. The Balaban J connectivity index is 1.42. The smallest absolute Gasteiger partial charge is 0.254 e. The molecule has 31 heavy (non-hydrogen) atoms. The Bertz CT molecular complexity index is 992. The van der Waals surface area contributed by atoms with E-state index in [0.29, 0.717) is 30.2 Å². The largest absolute Gasteiger partial charge is 0.493 e. The average molecular weight is 417 g/mol. The Kier molecular flexibility index (Phi) is 6.72. The molecule has 160 valence electrons. The fraction of sp³-hybridized carbons (Fsp3) is 0.269. The molecule has 0 N–H and O–H groups in total. The first-order valence-corrected chi connectivity index (χ1v) is 10.7. The topological polar surface area (TPSA) is 42.0 Å². The van der Waals surface area contributed by atoms with Crippen molar-refractivity contribution in [3.63, 3.8) is 0 Å². The normalized spacial score (nSPS) is 14.1. The number of benzene rings is 3. The maximum absolute atomic E-state index is 13.2. The quantitative estimate of drug-likeness (QED) is 0.588. The molecular weight excluding hydrogens is 388 g/mol. The van der Waals surface area contributed by atoms with Crippen LogP contribution in [0.15, 0.2) is 78.9 Å². The van der Waals surface area contributed by atoms with Gasteiger partial charge >= 0.3 is 0 Å². The number of amides is 1. The second kappa shape index (κ2) is 10.0. The lowest BCUT2D eigenvalue weighted by Crippen LogP contribution is -2.35. The van der Waals surface area contributed by atoms with E-state index in [4.69, 9.17) is 9.47 Å². The molecule has 0 bridgehead atoms. The minimum atomic E-state index is 0.0304. The second-order valence-corrected chi connectivity index (χ2v) is 7.61. The molecule has 0 atom stereocenters. The molecular formula is C26H28N2O3. The van der Waals surface area contributed by atoms with Gasteiger partial charge in [0.15, 0.2) is 11.5 Å². The maximum atomic E-state index is 13.2. The van der Waals surface area contributed by atoms with E-state index in [9.17, 15) is 4.79 Å². The van der Waals surface area contributed by atoms with E-state index in [2.05, 4.69) is 29.2 Å². The summed E-state index contributed by atoms with van der Waals surface area (Å²) in [7, 11) is 1.60. The molecule has 1 aliphatic heterocycles. The van der Waals surface area contributed by atoms with Crippen molar-refractivity contribution >= 4 is 11.6 Å². The van der Waals surface area contributed by atoms with E-state index in [1.165, 1.54) is 5.69 Å². The lowest BCUT2D eigenvalue weighted by molar-refractivity contribution is 0.0766. The van der Waals surface area contributed by atoms with Gasteiger partial charge in [0.2, 0.25) is 0 Å². The number of hydrogen-bond acceptors (Lipinski definition) is 4. The minimum Gasteiger partial charge on any atom is -0.493 e. The second-order valence-electron chi connectivity index (χ2n) is 7.61. The molecule has 0 saturated carbocycles. The number of anilines is 1. The van der Waals surface area contributed by atoms with Crippen molar-refractivity contribution < 1.29 is 14.3 Å². The van der Waals surface area contributed by atoms with Crippen LogP contribution in [0, 0.1) is 0 Å². The van der Waals surface area contributed by atoms with Crippen LogP contribution in [0.25, 0.3) is 0 Å². The van der Waals surface area contributed by atoms with Crippen molar-refractivity contribution in [2.75, 3.05) is 38.2 Å². The minimum absolute atomic E-state index is 0.0304. The average Bonchev–Trinajstić information content (AvgIpc) is 3.10. The molecule has 0 aromatic heterocycles. The fourth-order valence-electron chi connectivity index (χ4n) is 3.86. The molecule has 3 aromatic rings. The molecule has 0 aliphatic carbocycles. The molecule has 1 aliphatic rings. The first kappa shape index (κ1) is 20.8. The van der Waals surface area contributed by atoms with Gasteiger partial charge in [-0.3, -0.25) is 4.79 Å². The van der Waals surface area contributed by atoms with Gasteiger partial charge in [-0.2, -0.15) is 0 Å². The van der Waals surface area contributed by atoms with Crippen LogP contribution in [0.4, 0.5) is 5.69 Å². The van der Waals surface area contributed by atoms with Crippen molar-refractivity contribution in [1.29, 1.82) is 0 Å². The number of nitrogens with zero attached hydrogens (tertiary/aromatic N) is 2. The number of para-hydroxylation sites is 1. The summed E-state index contributed by atoms with van der Waals surface area (Å²) < 4.78 is 11.4. The molecule has 0 radical (unpaired) electrons. The Labute approximate surface area is 183 Å². The standard InChI is InChI=1S/C26H28N2O3/c1-30-25-19-22(13-14-24(25)31-20-21-9-4-2-5-10-21)26(29)28-16-8-15-27(17-18-28)23-11-6-3-7-12-23/h2-7,9-14,19H,8,15-18,20H2,1H3. The highest BCUT2D eigenvalue weighted by Crippen LogP contribution is 2.29. The van der Waals surface area contributed by atoms with Gasteiger partial charge in [-0.1, -0.05) is 48.5 Å². The van der Waals surface area contributed by atoms with Gasteiger partial charge in [-0.05, 0) is 42.3 Å². The lowest BCUT2D eigenvalue weighted by atomic mass is 10.1. The summed E-state index contributed by atoms with van der Waals surface area (Å²) in [5.41, 5.74) is 2.91. The van der Waals surface area contributed by atoms with Crippen LogP contribution < -0.4 is 14.4 Å². The van der Waals surface area contributed by atoms with Gasteiger partial charge < -0.3 is 19.3 Å². The van der Waals surface area contributed by atoms with Gasteiger partial charge in [-0.15, -0.1) is 0 Å². The highest BCUT2D eigenvalue weighted by molar-refractivity contribution is 5.95. The predicted octanol–water partition coefficient (Wildman–Crippen LogP) is 4.63. The van der Waals surface area contributed by atoms with E-state index in [1.54, 1.807) is 13.2 Å². The van der Waals surface area contributed by atoms with Crippen molar-refractivity contribution in [3.8, 4) is 11.5 Å². The Morgan fingerprint density at radius 2 is 1.58 bits per heavy atom. The van der Waals surface area contributed by atoms with Crippen LogP contribution in [-0.4, -0.2) is 44.1 Å². The summed E-state index contributed by atoms with van der Waals surface area (Å²) in [6.45, 7) is 3.67. The highest BCUT2D eigenvalue weighted by atomic mass is 16.5. The molecule has 1 fully saturated rings. The van der Waals surface area contributed by atoms with E-state index >= 15 is 0 Å². The third-order valence-corrected chi connectivity index (χ3v) is 5.55. The number of methoxy groups -OCH3 is 1. The number of carbonyl (C=O) groups excluding carboxylic acids is 1. The number of rotatable bonds is 6. The summed E-state index contributed by atoms with van der Waals surface area (Å²) in [6, 6.07) is 25.8. The summed E-state index contributed by atoms with van der Waals surface area (Å²) >= 11 is 0. The number of carbonyl (C=O) groups is 1. The van der Waals surface area contributed by atoms with Gasteiger partial charge in [0.05, 0.1) is 7.11 Å². The zero-order valence-electron chi connectivity index (χ0n) is 17.9. The molecule has 4 rings (SSSR count). The number of ether oxygens (including phenoxy) is 2. The highest BCUT2D eigenvalue weighted by Gasteiger charge is 2.21. The fourth-order valence-corrected chi connectivity index (χ4v) is 3.86. The van der Waals surface area contributed by atoms with E-state index in [1.807, 2.05) is 53.4 Å². The molecule has 1 saturated heterocycles. The van der Waals surface area contributed by atoms with Crippen molar-refractivity contribution in [2.24, 2.45) is 0 Å². The van der Waals surface area contributed by atoms with E-state index in [0.717, 1.165) is 31.6 Å². The Morgan fingerprint density at radius 3 is 2.32 bits per heavy atom. The van der Waals surface area contributed by atoms with Crippen LogP contribution in [-0.2, 0) is 6.61 Å². The van der Waals surface area contributed by atoms with Crippen LogP contribution in [0.2, 0.25) is 0 Å². The molecule has 5 heteroatoms. The zero-order valence-corrected chi connectivity index (χ0v) is 17.9. The van der Waals surface area contributed by atoms with E-state index < -0.39 is 0 Å². The lowest BCUT2D eigenvalue weighted by Gasteiger charge is -2.24. The summed E-state index contributed by atoms with van der Waals surface area (Å²) in [6.07, 6.45) is 0.941. The summed E-state index contributed by atoms with van der Waals surface area (Å²) in [5.74, 6) is 1.24. The van der Waals surface area contributed by atoms with Gasteiger partial charge in [0.1, 0.15) is 6.61 Å². The third kappa shape index (κ3) is 5.18. The van der Waals surface area contributed by atoms with Crippen LogP contribution >= 0.6 is 0 Å². The van der Waals surface area contributed by atoms with Crippen molar-refractivity contribution in [2.45, 2.75) is 13.0 Å². The summed E-state index contributed by atoms with van der Waals surface area (Å²) in [5, 5.41) is 0. The van der Waals surface area contributed by atoms with Gasteiger partial charge in [0.25, 0.3) is 5.91 Å². The Morgan fingerprint density at radius 1 is 0.839 bits per heavy atom. The third-order valence-electron chi connectivity index (χ3n) is 5.55. The van der Waals surface area contributed by atoms with Crippen molar-refractivity contribution in [1.82, 2.24) is 4.90 Å². The van der Waals surface area contributed by atoms with Crippen LogP contribution in [0.3, 0.4) is 0 Å². The Hall–Kier alpha value is -3.47. The van der Waals surface area contributed by atoms with Gasteiger partial charge in [-0.25, -0.2) is 0 Å². The molecule has 5 nitrogen and oxygen atoms in total. The molecule has 0 unspecified atom stereocenters. The molecule has 0 spiro atoms. The summed E-state index contributed by atoms with van der Waals surface area (Å²) in [4.78, 5) is 17.4. The maximum Gasteiger partial charge on any atom is 0.254 e. The zero-order chi connectivity index (χ0) is 21.5. The molecule has 1 heterocycles. The SMILES string of the molecule is COc1cc(C(=O)N2CCCN(c3ccccc3)CC2)ccc1OCc1ccccc1. The monoisotopic (exact) mass is 416 g/mol. The van der Waals surface area contributed by atoms with Crippen LogP contribution in [0.1, 0.15) is 22.3 Å². The molecule has 1 amide bonds. The van der Waals surface area contributed by atoms with Crippen LogP contribution in [0.5, 0.6) is 11.5 Å².